The maximum absolute atomic E-state index is 12.0. The van der Waals surface area contributed by atoms with Crippen LogP contribution in [0.2, 0.25) is 0 Å². The monoisotopic (exact) mass is 369 g/mol. The number of rotatable bonds is 6. The number of alkyl halides is 3. The molecule has 0 unspecified atom stereocenters. The van der Waals surface area contributed by atoms with Crippen LogP contribution in [0.3, 0.4) is 0 Å². The van der Waals surface area contributed by atoms with Gasteiger partial charge < -0.3 is 5.32 Å². The van der Waals surface area contributed by atoms with Crippen molar-refractivity contribution in [2.75, 3.05) is 20.1 Å². The van der Waals surface area contributed by atoms with Gasteiger partial charge in [0, 0.05) is 18.3 Å². The Labute approximate surface area is 147 Å². The predicted octanol–water partition coefficient (Wildman–Crippen LogP) is 1.69. The molecule has 0 fully saturated rings. The van der Waals surface area contributed by atoms with E-state index in [9.17, 15) is 22.8 Å². The van der Waals surface area contributed by atoms with Crippen LogP contribution in [-0.4, -0.2) is 52.9 Å². The Morgan fingerprint density at radius 1 is 1.23 bits per heavy atom. The van der Waals surface area contributed by atoms with Gasteiger partial charge in [-0.3, -0.25) is 15.0 Å². The number of nitrogens with zero attached hydrogens (tertiary/aromatic N) is 3. The molecule has 1 aromatic heterocycles. The quantitative estimate of drug-likeness (QED) is 0.812. The van der Waals surface area contributed by atoms with E-state index in [1.807, 2.05) is 35.6 Å². The van der Waals surface area contributed by atoms with Gasteiger partial charge in [0.1, 0.15) is 6.54 Å². The molecule has 0 spiro atoms. The highest BCUT2D eigenvalue weighted by molar-refractivity contribution is 5.95. The molecule has 1 heterocycles. The van der Waals surface area contributed by atoms with E-state index in [2.05, 4.69) is 5.10 Å². The third kappa shape index (κ3) is 6.55. The summed E-state index contributed by atoms with van der Waals surface area (Å²) in [5, 5.41) is 7.65. The van der Waals surface area contributed by atoms with E-state index in [-0.39, 0.29) is 6.54 Å². The Balaban J connectivity index is 1.79. The van der Waals surface area contributed by atoms with Gasteiger partial charge in [-0.15, -0.1) is 0 Å². The number of hydrogen-bond acceptors (Lipinski definition) is 4. The number of nitrogens with one attached hydrogen (secondary N) is 2. The fourth-order valence-electron chi connectivity index (χ4n) is 2.17. The van der Waals surface area contributed by atoms with Crippen LogP contribution in [0, 0.1) is 0 Å². The standard InChI is InChI=1S/C16H18F3N5O2/c1-23(10-14(25)22-15(26)20-11-16(17,18)19)8-12-7-21-24(9-12)13-5-3-2-4-6-13/h2-7,9H,8,10-11H2,1H3,(H2,20,22,25,26). The Morgan fingerprint density at radius 3 is 2.58 bits per heavy atom. The molecule has 26 heavy (non-hydrogen) atoms. The van der Waals surface area contributed by atoms with E-state index in [1.165, 1.54) is 0 Å². The van der Waals surface area contributed by atoms with E-state index >= 15 is 0 Å². The lowest BCUT2D eigenvalue weighted by Gasteiger charge is -2.15. The van der Waals surface area contributed by atoms with Crippen LogP contribution in [0.4, 0.5) is 18.0 Å². The molecule has 0 saturated heterocycles. The molecule has 10 heteroatoms. The molecular weight excluding hydrogens is 351 g/mol. The second-order valence-electron chi connectivity index (χ2n) is 5.65. The Kier molecular flexibility index (Phi) is 6.34. The molecule has 0 aliphatic carbocycles. The fraction of sp³-hybridized carbons (Fsp3) is 0.312. The fourth-order valence-corrected chi connectivity index (χ4v) is 2.17. The van der Waals surface area contributed by atoms with E-state index in [4.69, 9.17) is 0 Å². The van der Waals surface area contributed by atoms with Crippen LogP contribution in [0.1, 0.15) is 5.56 Å². The molecule has 2 N–H and O–H groups in total. The second kappa shape index (κ2) is 8.48. The van der Waals surface area contributed by atoms with Gasteiger partial charge in [-0.1, -0.05) is 18.2 Å². The first kappa shape index (κ1) is 19.4. The summed E-state index contributed by atoms with van der Waals surface area (Å²) in [7, 11) is 1.65. The molecular formula is C16H18F3N5O2. The lowest BCUT2D eigenvalue weighted by Crippen LogP contribution is -2.46. The normalized spacial score (nSPS) is 11.4. The number of likely N-dealkylation sites (N-methyl/N-ethyl adjacent to an activating group) is 1. The third-order valence-electron chi connectivity index (χ3n) is 3.23. The predicted molar refractivity (Wildman–Crippen MR) is 87.5 cm³/mol. The van der Waals surface area contributed by atoms with Crippen LogP contribution in [-0.2, 0) is 11.3 Å². The molecule has 0 aliphatic heterocycles. The van der Waals surface area contributed by atoms with E-state index in [0.717, 1.165) is 11.3 Å². The van der Waals surface area contributed by atoms with Crippen LogP contribution in [0.15, 0.2) is 42.7 Å². The maximum atomic E-state index is 12.0. The molecule has 0 aliphatic rings. The summed E-state index contributed by atoms with van der Waals surface area (Å²) in [6.45, 7) is -1.28. The van der Waals surface area contributed by atoms with Crippen molar-refractivity contribution in [3.05, 3.63) is 48.3 Å². The SMILES string of the molecule is CN(CC(=O)NC(=O)NCC(F)(F)F)Cc1cnn(-c2ccccc2)c1. The first-order valence-corrected chi connectivity index (χ1v) is 7.65. The minimum absolute atomic E-state index is 0.157. The average Bonchev–Trinajstić information content (AvgIpc) is 3.01. The van der Waals surface area contributed by atoms with Crippen molar-refractivity contribution in [2.24, 2.45) is 0 Å². The molecule has 0 bridgehead atoms. The molecule has 0 atom stereocenters. The van der Waals surface area contributed by atoms with Crippen molar-refractivity contribution in [3.63, 3.8) is 0 Å². The number of halogens is 3. The summed E-state index contributed by atoms with van der Waals surface area (Å²) in [6, 6.07) is 8.28. The van der Waals surface area contributed by atoms with Crippen molar-refractivity contribution >= 4 is 11.9 Å². The Bertz CT molecular complexity index is 746. The lowest BCUT2D eigenvalue weighted by molar-refractivity contribution is -0.125. The molecule has 2 rings (SSSR count). The highest BCUT2D eigenvalue weighted by Gasteiger charge is 2.28. The van der Waals surface area contributed by atoms with E-state index in [0.29, 0.717) is 6.54 Å². The van der Waals surface area contributed by atoms with E-state index in [1.54, 1.807) is 34.3 Å². The number of para-hydroxylation sites is 1. The van der Waals surface area contributed by atoms with Gasteiger partial charge >= 0.3 is 12.2 Å². The van der Waals surface area contributed by atoms with Crippen LogP contribution in [0.5, 0.6) is 0 Å². The molecule has 3 amide bonds. The zero-order chi connectivity index (χ0) is 19.2. The number of imide groups is 1. The van der Waals surface area contributed by atoms with E-state index < -0.39 is 24.7 Å². The van der Waals surface area contributed by atoms with Crippen LogP contribution < -0.4 is 10.6 Å². The summed E-state index contributed by atoms with van der Waals surface area (Å²) >= 11 is 0. The molecule has 0 radical (unpaired) electrons. The number of amides is 3. The number of benzene rings is 1. The van der Waals surface area contributed by atoms with Crippen molar-refractivity contribution < 1.29 is 22.8 Å². The molecule has 140 valence electrons. The number of carbonyl (C=O) groups is 2. The van der Waals surface area contributed by atoms with Crippen molar-refractivity contribution in [3.8, 4) is 5.69 Å². The lowest BCUT2D eigenvalue weighted by atomic mass is 10.3. The first-order valence-electron chi connectivity index (χ1n) is 7.65. The Hall–Kier alpha value is -2.88. The minimum atomic E-state index is -4.53. The van der Waals surface area contributed by atoms with Crippen molar-refractivity contribution in [1.29, 1.82) is 0 Å². The third-order valence-corrected chi connectivity index (χ3v) is 3.23. The van der Waals surface area contributed by atoms with Gasteiger partial charge in [-0.2, -0.15) is 18.3 Å². The first-order chi connectivity index (χ1) is 12.2. The van der Waals surface area contributed by atoms with Gasteiger partial charge in [-0.25, -0.2) is 9.48 Å². The largest absolute Gasteiger partial charge is 0.405 e. The summed E-state index contributed by atoms with van der Waals surface area (Å²) < 4.78 is 37.6. The summed E-state index contributed by atoms with van der Waals surface area (Å²) in [4.78, 5) is 24.5. The molecule has 1 aromatic carbocycles. The highest BCUT2D eigenvalue weighted by atomic mass is 19.4. The van der Waals surface area contributed by atoms with Gasteiger partial charge in [0.05, 0.1) is 18.4 Å². The molecule has 0 saturated carbocycles. The minimum Gasteiger partial charge on any atom is -0.329 e. The zero-order valence-electron chi connectivity index (χ0n) is 14.0. The smallest absolute Gasteiger partial charge is 0.329 e. The Morgan fingerprint density at radius 2 is 1.92 bits per heavy atom. The van der Waals surface area contributed by atoms with Gasteiger partial charge in [0.25, 0.3) is 0 Å². The number of hydrogen-bond donors (Lipinski definition) is 2. The van der Waals surface area contributed by atoms with Crippen molar-refractivity contribution in [1.82, 2.24) is 25.3 Å². The second-order valence-corrected chi connectivity index (χ2v) is 5.65. The summed E-state index contributed by atoms with van der Waals surface area (Å²) in [6.07, 6.45) is -1.08. The van der Waals surface area contributed by atoms with Crippen molar-refractivity contribution in [2.45, 2.75) is 12.7 Å². The average molecular weight is 369 g/mol. The molecule has 7 nitrogen and oxygen atoms in total. The number of carbonyl (C=O) groups excluding carboxylic acids is 2. The van der Waals surface area contributed by atoms with Crippen LogP contribution in [0.25, 0.3) is 5.69 Å². The number of urea groups is 1. The summed E-state index contributed by atoms with van der Waals surface area (Å²) in [5.74, 6) is -0.706. The van der Waals surface area contributed by atoms with Crippen LogP contribution >= 0.6 is 0 Å². The number of aromatic nitrogens is 2. The topological polar surface area (TPSA) is 79.3 Å². The van der Waals surface area contributed by atoms with Gasteiger partial charge in [0.2, 0.25) is 5.91 Å². The summed E-state index contributed by atoms with van der Waals surface area (Å²) in [5.41, 5.74) is 1.73. The zero-order valence-corrected chi connectivity index (χ0v) is 14.0. The van der Waals surface area contributed by atoms with Gasteiger partial charge in [0.15, 0.2) is 0 Å². The highest BCUT2D eigenvalue weighted by Crippen LogP contribution is 2.12. The maximum Gasteiger partial charge on any atom is 0.405 e. The van der Waals surface area contributed by atoms with Gasteiger partial charge in [-0.05, 0) is 19.2 Å². The molecule has 2 aromatic rings.